The van der Waals surface area contributed by atoms with Gasteiger partial charge in [-0.3, -0.25) is 4.57 Å². The third kappa shape index (κ3) is 3.11. The topological polar surface area (TPSA) is 107 Å². The predicted molar refractivity (Wildman–Crippen MR) is 69.5 cm³/mol. The number of carbonyl (C=O) groups excluding carboxylic acids is 1. The Kier molecular flexibility index (Phi) is 3.56. The van der Waals surface area contributed by atoms with Gasteiger partial charge in [-0.1, -0.05) is 11.6 Å². The minimum absolute atomic E-state index is 0.141. The Balaban J connectivity index is 2.32. The normalized spacial score (nSPS) is 11.3. The predicted octanol–water partition coefficient (Wildman–Crippen LogP) is 1.26. The number of aromatic nitrogens is 2. The van der Waals surface area contributed by atoms with Crippen LogP contribution in [0.5, 0.6) is 0 Å². The molecule has 7 nitrogen and oxygen atoms in total. The lowest BCUT2D eigenvalue weighted by atomic mass is 10.3. The van der Waals surface area contributed by atoms with E-state index in [-0.39, 0.29) is 15.6 Å². The molecule has 2 rings (SSSR count). The van der Waals surface area contributed by atoms with Crippen LogP contribution < -0.4 is 10.5 Å². The number of nitrogens with two attached hydrogens (primary N) is 1. The zero-order chi connectivity index (χ0) is 14.0. The molecule has 0 saturated carbocycles. The van der Waals surface area contributed by atoms with Crippen LogP contribution in [0.15, 0.2) is 41.8 Å². The van der Waals surface area contributed by atoms with Crippen LogP contribution in [0.1, 0.15) is 0 Å². The monoisotopic (exact) mass is 300 g/mol. The molecule has 19 heavy (non-hydrogen) atoms. The van der Waals surface area contributed by atoms with Crippen molar-refractivity contribution < 1.29 is 13.2 Å². The number of imidazole rings is 1. The number of benzene rings is 1. The molecule has 3 N–H and O–H groups in total. The van der Waals surface area contributed by atoms with Gasteiger partial charge in [0.15, 0.2) is 0 Å². The van der Waals surface area contributed by atoms with E-state index in [0.29, 0.717) is 0 Å². The summed E-state index contributed by atoms with van der Waals surface area (Å²) in [4.78, 5) is 15.3. The number of nitrogens with one attached hydrogen (secondary N) is 1. The number of anilines is 1. The summed E-state index contributed by atoms with van der Waals surface area (Å²) in [5, 5.41) is 7.65. The Morgan fingerprint density at radius 3 is 2.74 bits per heavy atom. The van der Waals surface area contributed by atoms with Gasteiger partial charge < -0.3 is 5.32 Å². The molecule has 9 heteroatoms. The lowest BCUT2D eigenvalue weighted by molar-refractivity contribution is 0.253. The zero-order valence-electron chi connectivity index (χ0n) is 9.45. The molecular formula is C10H9ClN4O3S. The SMILES string of the molecule is NS(=O)(=O)c1ccc(Cl)c(NC(=O)n2ccnc2)c1. The number of hydrogen-bond donors (Lipinski definition) is 2. The Hall–Kier alpha value is -1.90. The molecule has 0 fully saturated rings. The molecule has 1 amide bonds. The Labute approximate surface area is 114 Å². The van der Waals surface area contributed by atoms with E-state index in [1.807, 2.05) is 0 Å². The number of rotatable bonds is 2. The summed E-state index contributed by atoms with van der Waals surface area (Å²) in [5.74, 6) is 0. The first kappa shape index (κ1) is 13.5. The quantitative estimate of drug-likeness (QED) is 0.870. The molecule has 100 valence electrons. The van der Waals surface area contributed by atoms with Gasteiger partial charge in [-0.2, -0.15) is 0 Å². The van der Waals surface area contributed by atoms with E-state index in [1.54, 1.807) is 0 Å². The molecule has 0 aliphatic carbocycles. The molecule has 2 aromatic rings. The van der Waals surface area contributed by atoms with E-state index in [9.17, 15) is 13.2 Å². The minimum Gasteiger partial charge on any atom is -0.306 e. The van der Waals surface area contributed by atoms with Gasteiger partial charge in [-0.25, -0.2) is 23.3 Å². The van der Waals surface area contributed by atoms with E-state index in [2.05, 4.69) is 10.3 Å². The van der Waals surface area contributed by atoms with Crippen molar-refractivity contribution in [2.75, 3.05) is 5.32 Å². The summed E-state index contributed by atoms with van der Waals surface area (Å²) in [6.45, 7) is 0. The second kappa shape index (κ2) is 5.00. The van der Waals surface area contributed by atoms with Crippen molar-refractivity contribution in [2.45, 2.75) is 4.90 Å². The standard InChI is InChI=1S/C10H9ClN4O3S/c11-8-2-1-7(19(12,17)18)5-9(8)14-10(16)15-4-3-13-6-15/h1-6H,(H,14,16)(H2,12,17,18). The number of carbonyl (C=O) groups is 1. The summed E-state index contributed by atoms with van der Waals surface area (Å²) >= 11 is 5.88. The van der Waals surface area contributed by atoms with Crippen LogP contribution in [0.25, 0.3) is 0 Å². The smallest absolute Gasteiger partial charge is 0.306 e. The maximum atomic E-state index is 11.8. The molecule has 0 atom stereocenters. The van der Waals surface area contributed by atoms with Gasteiger partial charge in [-0.15, -0.1) is 0 Å². The van der Waals surface area contributed by atoms with Crippen molar-refractivity contribution in [1.82, 2.24) is 9.55 Å². The molecule has 0 aliphatic heterocycles. The minimum atomic E-state index is -3.86. The molecule has 1 aromatic carbocycles. The van der Waals surface area contributed by atoms with Gasteiger partial charge >= 0.3 is 6.03 Å². The highest BCUT2D eigenvalue weighted by molar-refractivity contribution is 7.89. The molecule has 0 unspecified atom stereocenters. The number of sulfonamides is 1. The Morgan fingerprint density at radius 2 is 2.16 bits per heavy atom. The molecule has 0 spiro atoms. The number of amides is 1. The maximum Gasteiger partial charge on any atom is 0.331 e. The van der Waals surface area contributed by atoms with Gasteiger partial charge in [0.25, 0.3) is 0 Å². The van der Waals surface area contributed by atoms with Crippen molar-refractivity contribution in [2.24, 2.45) is 5.14 Å². The van der Waals surface area contributed by atoms with Crippen molar-refractivity contribution in [3.8, 4) is 0 Å². The first-order valence-electron chi connectivity index (χ1n) is 4.99. The van der Waals surface area contributed by atoms with Gasteiger partial charge in [0.05, 0.1) is 15.6 Å². The molecule has 0 aliphatic rings. The van der Waals surface area contributed by atoms with Crippen LogP contribution in [0.3, 0.4) is 0 Å². The largest absolute Gasteiger partial charge is 0.331 e. The first-order valence-corrected chi connectivity index (χ1v) is 6.92. The van der Waals surface area contributed by atoms with Crippen molar-refractivity contribution in [1.29, 1.82) is 0 Å². The fraction of sp³-hybridized carbons (Fsp3) is 0. The second-order valence-corrected chi connectivity index (χ2v) is 5.56. The lowest BCUT2D eigenvalue weighted by Crippen LogP contribution is -2.19. The highest BCUT2D eigenvalue weighted by Gasteiger charge is 2.13. The molecule has 1 aromatic heterocycles. The van der Waals surface area contributed by atoms with Gasteiger partial charge in [0.1, 0.15) is 6.33 Å². The van der Waals surface area contributed by atoms with Crippen molar-refractivity contribution in [3.05, 3.63) is 41.9 Å². The maximum absolute atomic E-state index is 11.8. The highest BCUT2D eigenvalue weighted by Crippen LogP contribution is 2.24. The summed E-state index contributed by atoms with van der Waals surface area (Å²) in [6, 6.07) is 3.26. The summed E-state index contributed by atoms with van der Waals surface area (Å²) in [5.41, 5.74) is 0.145. The fourth-order valence-corrected chi connectivity index (χ4v) is 2.04. The van der Waals surface area contributed by atoms with Crippen LogP contribution in [0, 0.1) is 0 Å². The summed E-state index contributed by atoms with van der Waals surface area (Å²) in [6.07, 6.45) is 4.17. The van der Waals surface area contributed by atoms with Crippen LogP contribution in [0.2, 0.25) is 5.02 Å². The Bertz CT molecular complexity index is 712. The van der Waals surface area contributed by atoms with E-state index in [0.717, 1.165) is 0 Å². The third-order valence-electron chi connectivity index (χ3n) is 2.25. The highest BCUT2D eigenvalue weighted by atomic mass is 35.5. The van der Waals surface area contributed by atoms with Crippen LogP contribution in [-0.4, -0.2) is 24.0 Å². The Morgan fingerprint density at radius 1 is 1.42 bits per heavy atom. The fourth-order valence-electron chi connectivity index (χ4n) is 1.34. The first-order chi connectivity index (χ1) is 8.88. The van der Waals surface area contributed by atoms with Crippen LogP contribution >= 0.6 is 11.6 Å². The zero-order valence-corrected chi connectivity index (χ0v) is 11.0. The van der Waals surface area contributed by atoms with Gasteiger partial charge in [0, 0.05) is 12.4 Å². The third-order valence-corrected chi connectivity index (χ3v) is 3.49. The molecule has 0 saturated heterocycles. The number of halogens is 1. The average Bonchev–Trinajstić information content (AvgIpc) is 2.84. The van der Waals surface area contributed by atoms with E-state index in [4.69, 9.17) is 16.7 Å². The van der Waals surface area contributed by atoms with Crippen molar-refractivity contribution >= 4 is 33.3 Å². The van der Waals surface area contributed by atoms with E-state index >= 15 is 0 Å². The van der Waals surface area contributed by atoms with Crippen LogP contribution in [0.4, 0.5) is 10.5 Å². The van der Waals surface area contributed by atoms with E-state index in [1.165, 1.54) is 41.5 Å². The molecule has 0 radical (unpaired) electrons. The van der Waals surface area contributed by atoms with Gasteiger partial charge in [0.2, 0.25) is 10.0 Å². The van der Waals surface area contributed by atoms with Gasteiger partial charge in [-0.05, 0) is 18.2 Å². The van der Waals surface area contributed by atoms with Crippen LogP contribution in [-0.2, 0) is 10.0 Å². The molecule has 0 bridgehead atoms. The lowest BCUT2D eigenvalue weighted by Gasteiger charge is -2.08. The molecular weight excluding hydrogens is 292 g/mol. The second-order valence-electron chi connectivity index (χ2n) is 3.59. The number of nitrogens with zero attached hydrogens (tertiary/aromatic N) is 2. The molecule has 1 heterocycles. The number of hydrogen-bond acceptors (Lipinski definition) is 4. The number of primary sulfonamides is 1. The summed E-state index contributed by atoms with van der Waals surface area (Å²) in [7, 11) is -3.86. The van der Waals surface area contributed by atoms with Crippen molar-refractivity contribution in [3.63, 3.8) is 0 Å². The van der Waals surface area contributed by atoms with E-state index < -0.39 is 16.1 Å². The summed E-state index contributed by atoms with van der Waals surface area (Å²) < 4.78 is 23.6. The average molecular weight is 301 g/mol.